The van der Waals surface area contributed by atoms with E-state index in [9.17, 15) is 4.79 Å². The Hall–Kier alpha value is -1.70. The van der Waals surface area contributed by atoms with Crippen LogP contribution in [0.3, 0.4) is 0 Å². The fourth-order valence-electron chi connectivity index (χ4n) is 4.44. The van der Waals surface area contributed by atoms with Gasteiger partial charge in [0.05, 0.1) is 14.9 Å². The van der Waals surface area contributed by atoms with Gasteiger partial charge < -0.3 is 9.80 Å². The normalized spacial score (nSPS) is 20.9. The van der Waals surface area contributed by atoms with Crippen molar-refractivity contribution in [2.75, 3.05) is 44.2 Å². The Morgan fingerprint density at radius 1 is 1.07 bits per heavy atom. The summed E-state index contributed by atoms with van der Waals surface area (Å²) >= 11 is 7.34. The van der Waals surface area contributed by atoms with Crippen molar-refractivity contribution in [2.45, 2.75) is 38.1 Å². The molecule has 1 saturated heterocycles. The minimum absolute atomic E-state index is 0.0648. The second kappa shape index (κ2) is 8.20. The molecule has 4 heterocycles. The minimum Gasteiger partial charge on any atom is -0.338 e. The molecule has 5 rings (SSSR count). The van der Waals surface area contributed by atoms with Gasteiger partial charge in [-0.1, -0.05) is 18.0 Å². The first-order chi connectivity index (χ1) is 14.2. The summed E-state index contributed by atoms with van der Waals surface area (Å²) < 4.78 is 0.652. The summed E-state index contributed by atoms with van der Waals surface area (Å²) in [5, 5.41) is 0. The molecule has 8 heteroatoms. The lowest BCUT2D eigenvalue weighted by atomic mass is 9.91. The number of aromatic nitrogens is 2. The highest BCUT2D eigenvalue weighted by Crippen LogP contribution is 2.27. The molecule has 2 fully saturated rings. The van der Waals surface area contributed by atoms with Gasteiger partial charge in [0.2, 0.25) is 5.95 Å². The fourth-order valence-corrected chi connectivity index (χ4v) is 5.46. The third kappa shape index (κ3) is 4.00. The molecular weight excluding hydrogens is 406 g/mol. The Kier molecular flexibility index (Phi) is 5.45. The number of carbonyl (C=O) groups excluding carboxylic acids is 1. The molecule has 2 aromatic heterocycles. The Morgan fingerprint density at radius 3 is 2.55 bits per heavy atom. The van der Waals surface area contributed by atoms with Crippen LogP contribution >= 0.6 is 22.9 Å². The number of nitrogens with zero attached hydrogens (tertiary/aromatic N) is 5. The quantitative estimate of drug-likeness (QED) is 0.747. The first kappa shape index (κ1) is 19.3. The van der Waals surface area contributed by atoms with Crippen molar-refractivity contribution < 1.29 is 4.79 Å². The molecule has 3 aliphatic rings. The van der Waals surface area contributed by atoms with Crippen molar-refractivity contribution in [2.24, 2.45) is 0 Å². The van der Waals surface area contributed by atoms with E-state index in [1.54, 1.807) is 6.07 Å². The van der Waals surface area contributed by atoms with Crippen LogP contribution in [0.15, 0.2) is 18.3 Å². The second-order valence-corrected chi connectivity index (χ2v) is 9.86. The van der Waals surface area contributed by atoms with E-state index in [0.29, 0.717) is 22.3 Å². The average Bonchev–Trinajstić information content (AvgIpc) is 3.02. The molecule has 0 N–H and O–H groups in total. The molecule has 2 aliphatic heterocycles. The lowest BCUT2D eigenvalue weighted by Gasteiger charge is -2.43. The number of anilines is 1. The van der Waals surface area contributed by atoms with E-state index in [1.807, 2.05) is 17.2 Å². The molecule has 1 amide bonds. The largest absolute Gasteiger partial charge is 0.338 e. The monoisotopic (exact) mass is 431 g/mol. The molecule has 2 aromatic rings. The molecule has 0 spiro atoms. The van der Waals surface area contributed by atoms with E-state index in [-0.39, 0.29) is 5.91 Å². The highest BCUT2D eigenvalue weighted by molar-refractivity contribution is 7.17. The summed E-state index contributed by atoms with van der Waals surface area (Å²) in [6.07, 6.45) is 7.67. The lowest BCUT2D eigenvalue weighted by Crippen LogP contribution is -2.52. The predicted octanol–water partition coefficient (Wildman–Crippen LogP) is 3.11. The maximum atomic E-state index is 12.8. The first-order valence-corrected chi connectivity index (χ1v) is 11.8. The van der Waals surface area contributed by atoms with Crippen LogP contribution in [0.25, 0.3) is 0 Å². The zero-order valence-electron chi connectivity index (χ0n) is 16.5. The van der Waals surface area contributed by atoms with Crippen LogP contribution in [-0.4, -0.2) is 71.0 Å². The predicted molar refractivity (Wildman–Crippen MR) is 116 cm³/mol. The van der Waals surface area contributed by atoms with Crippen LogP contribution in [0, 0.1) is 0 Å². The van der Waals surface area contributed by atoms with Crippen LogP contribution in [-0.2, 0) is 12.8 Å². The number of carbonyl (C=O) groups is 1. The van der Waals surface area contributed by atoms with Crippen LogP contribution in [0.5, 0.6) is 0 Å². The summed E-state index contributed by atoms with van der Waals surface area (Å²) in [7, 11) is 0. The van der Waals surface area contributed by atoms with E-state index in [2.05, 4.69) is 14.8 Å². The van der Waals surface area contributed by atoms with E-state index in [4.69, 9.17) is 16.6 Å². The number of piperazine rings is 1. The molecule has 0 radical (unpaired) electrons. The Bertz CT molecular complexity index is 891. The maximum Gasteiger partial charge on any atom is 0.263 e. The van der Waals surface area contributed by atoms with Crippen molar-refractivity contribution in [3.63, 3.8) is 0 Å². The van der Waals surface area contributed by atoms with Crippen molar-refractivity contribution in [1.29, 1.82) is 0 Å². The van der Waals surface area contributed by atoms with E-state index >= 15 is 0 Å². The number of fused-ring (bicyclic) bond motifs is 1. The molecular formula is C21H26ClN5OS. The minimum atomic E-state index is 0.0648. The number of hydrogen-bond acceptors (Lipinski definition) is 6. The van der Waals surface area contributed by atoms with Crippen molar-refractivity contribution in [3.05, 3.63) is 38.8 Å². The van der Waals surface area contributed by atoms with Crippen LogP contribution in [0.1, 0.15) is 40.2 Å². The molecule has 154 valence electrons. The molecule has 1 aliphatic carbocycles. The van der Waals surface area contributed by atoms with Gasteiger partial charge in [-0.05, 0) is 37.0 Å². The zero-order valence-corrected chi connectivity index (χ0v) is 18.1. The van der Waals surface area contributed by atoms with Crippen LogP contribution in [0.4, 0.5) is 5.95 Å². The first-order valence-electron chi connectivity index (χ1n) is 10.6. The summed E-state index contributed by atoms with van der Waals surface area (Å²) in [6, 6.07) is 4.41. The van der Waals surface area contributed by atoms with Crippen LogP contribution < -0.4 is 4.90 Å². The summed E-state index contributed by atoms with van der Waals surface area (Å²) in [5.41, 5.74) is 2.26. The molecule has 0 bridgehead atoms. The van der Waals surface area contributed by atoms with Crippen molar-refractivity contribution >= 4 is 34.8 Å². The molecule has 0 unspecified atom stereocenters. The zero-order chi connectivity index (χ0) is 19.8. The Balaban J connectivity index is 1.24. The van der Waals surface area contributed by atoms with Gasteiger partial charge in [-0.3, -0.25) is 9.69 Å². The molecule has 0 aromatic carbocycles. The van der Waals surface area contributed by atoms with Gasteiger partial charge >= 0.3 is 0 Å². The molecule has 0 atom stereocenters. The Labute approximate surface area is 180 Å². The number of thiophene rings is 1. The van der Waals surface area contributed by atoms with Crippen molar-refractivity contribution in [1.82, 2.24) is 19.8 Å². The topological polar surface area (TPSA) is 52.6 Å². The van der Waals surface area contributed by atoms with Gasteiger partial charge in [0.1, 0.15) is 0 Å². The van der Waals surface area contributed by atoms with Gasteiger partial charge in [-0.25, -0.2) is 9.97 Å². The number of hydrogen-bond donors (Lipinski definition) is 0. The summed E-state index contributed by atoms with van der Waals surface area (Å²) in [6.45, 7) is 5.60. The maximum absolute atomic E-state index is 12.8. The lowest BCUT2D eigenvalue weighted by molar-refractivity contribution is 0.0768. The smallest absolute Gasteiger partial charge is 0.263 e. The molecule has 1 saturated carbocycles. The average molecular weight is 432 g/mol. The standard InChI is InChI=1S/C21H26ClN5OS/c22-19-5-4-18(29-19)20(28)26-8-6-15-14-23-21(24-17(15)7-9-26)27-12-10-25(11-13-27)16-2-1-3-16/h4-5,14,16H,1-3,6-13H2. The van der Waals surface area contributed by atoms with E-state index in [1.165, 1.54) is 36.2 Å². The molecule has 29 heavy (non-hydrogen) atoms. The van der Waals surface area contributed by atoms with Gasteiger partial charge in [-0.2, -0.15) is 0 Å². The number of rotatable bonds is 3. The van der Waals surface area contributed by atoms with Crippen molar-refractivity contribution in [3.8, 4) is 0 Å². The fraction of sp³-hybridized carbons (Fsp3) is 0.571. The van der Waals surface area contributed by atoms with E-state index < -0.39 is 0 Å². The van der Waals surface area contributed by atoms with Gasteiger partial charge in [0, 0.05) is 57.9 Å². The summed E-state index contributed by atoms with van der Waals surface area (Å²) in [5.74, 6) is 0.914. The third-order valence-electron chi connectivity index (χ3n) is 6.47. The van der Waals surface area contributed by atoms with Gasteiger partial charge in [-0.15, -0.1) is 11.3 Å². The number of amides is 1. The number of halogens is 1. The summed E-state index contributed by atoms with van der Waals surface area (Å²) in [4.78, 5) is 29.9. The highest BCUT2D eigenvalue weighted by atomic mass is 35.5. The third-order valence-corrected chi connectivity index (χ3v) is 7.69. The highest BCUT2D eigenvalue weighted by Gasteiger charge is 2.29. The van der Waals surface area contributed by atoms with Gasteiger partial charge in [0.25, 0.3) is 5.91 Å². The SMILES string of the molecule is O=C(c1ccc(Cl)s1)N1CCc2cnc(N3CCN(C4CCC4)CC3)nc2CC1. The Morgan fingerprint density at radius 2 is 1.86 bits per heavy atom. The molecule has 6 nitrogen and oxygen atoms in total. The van der Waals surface area contributed by atoms with Crippen LogP contribution in [0.2, 0.25) is 4.34 Å². The van der Waals surface area contributed by atoms with E-state index in [0.717, 1.165) is 56.7 Å². The second-order valence-electron chi connectivity index (χ2n) is 8.15. The van der Waals surface area contributed by atoms with Gasteiger partial charge in [0.15, 0.2) is 0 Å².